The van der Waals surface area contributed by atoms with Crippen LogP contribution in [0.3, 0.4) is 0 Å². The van der Waals surface area contributed by atoms with E-state index in [0.717, 1.165) is 12.3 Å². The number of sulfonamides is 1. The summed E-state index contributed by atoms with van der Waals surface area (Å²) in [5, 5.41) is 0.267. The molecule has 9 heteroatoms. The third-order valence-corrected chi connectivity index (χ3v) is 11.2. The van der Waals surface area contributed by atoms with Gasteiger partial charge in [0, 0.05) is 32.7 Å². The number of ether oxygens (including phenoxy) is 1. The van der Waals surface area contributed by atoms with E-state index in [9.17, 15) is 8.42 Å². The van der Waals surface area contributed by atoms with Gasteiger partial charge in [-0.25, -0.2) is 8.42 Å². The van der Waals surface area contributed by atoms with E-state index >= 15 is 0 Å². The van der Waals surface area contributed by atoms with Gasteiger partial charge in [0.25, 0.3) is 0 Å². The third-order valence-electron chi connectivity index (χ3n) is 5.56. The summed E-state index contributed by atoms with van der Waals surface area (Å²) in [5.74, 6) is 3.22. The quantitative estimate of drug-likeness (QED) is 0.289. The summed E-state index contributed by atoms with van der Waals surface area (Å²) in [7, 11) is -3.56. The Morgan fingerprint density at radius 2 is 1.56 bits per heavy atom. The van der Waals surface area contributed by atoms with Gasteiger partial charge in [0.1, 0.15) is 17.3 Å². The molecule has 1 aliphatic heterocycles. The fourth-order valence-electron chi connectivity index (χ4n) is 3.69. The van der Waals surface area contributed by atoms with Crippen LogP contribution in [-0.4, -0.2) is 68.5 Å². The van der Waals surface area contributed by atoms with E-state index in [-0.39, 0.29) is 9.92 Å². The summed E-state index contributed by atoms with van der Waals surface area (Å²) in [4.78, 5) is 2.42. The van der Waals surface area contributed by atoms with Crippen LogP contribution in [0.25, 0.3) is 0 Å². The van der Waals surface area contributed by atoms with Gasteiger partial charge in [-0.05, 0) is 54.2 Å². The molecule has 0 saturated carbocycles. The highest BCUT2D eigenvalue weighted by Gasteiger charge is 2.29. The molecular weight excluding hydrogens is 508 g/mol. The monoisotopic (exact) mass is 542 g/mol. The highest BCUT2D eigenvalue weighted by Crippen LogP contribution is 2.40. The van der Waals surface area contributed by atoms with Crippen molar-refractivity contribution in [3.63, 3.8) is 0 Å². The molecule has 1 heterocycles. The van der Waals surface area contributed by atoms with Crippen molar-refractivity contribution in [2.45, 2.75) is 36.2 Å². The second-order valence-corrected chi connectivity index (χ2v) is 13.2. The highest BCUT2D eigenvalue weighted by atomic mass is 35.5. The minimum absolute atomic E-state index is 0.181. The Labute approximate surface area is 218 Å². The van der Waals surface area contributed by atoms with E-state index in [2.05, 4.69) is 43.0 Å². The largest absolute Gasteiger partial charge is 0.492 e. The molecule has 188 valence electrons. The van der Waals surface area contributed by atoms with Gasteiger partial charge in [-0.2, -0.15) is 4.31 Å². The first-order valence-corrected chi connectivity index (χ1v) is 15.8. The van der Waals surface area contributed by atoms with Gasteiger partial charge >= 0.3 is 0 Å². The molecule has 0 amide bonds. The summed E-state index contributed by atoms with van der Waals surface area (Å²) in [6.45, 7) is 8.06. The van der Waals surface area contributed by atoms with Crippen LogP contribution in [0.4, 0.5) is 0 Å². The Hall–Kier alpha value is -0.900. The zero-order chi connectivity index (χ0) is 24.4. The maximum Gasteiger partial charge on any atom is 0.244 e. The second kappa shape index (κ2) is 14.0. The first-order chi connectivity index (χ1) is 16.5. The molecule has 0 atom stereocenters. The molecule has 0 aliphatic carbocycles. The fourth-order valence-corrected chi connectivity index (χ4v) is 8.17. The van der Waals surface area contributed by atoms with Crippen LogP contribution in [0.5, 0.6) is 5.75 Å². The van der Waals surface area contributed by atoms with Crippen LogP contribution in [0.2, 0.25) is 5.02 Å². The Bertz CT molecular complexity index is 973. The molecule has 1 saturated heterocycles. The lowest BCUT2D eigenvalue weighted by molar-refractivity contribution is 0.159. The van der Waals surface area contributed by atoms with Gasteiger partial charge in [-0.15, -0.1) is 23.5 Å². The standard InChI is InChI=1S/C25H35ClN2O3S3/c1-3-19-32-25(33-20-4-2)21-9-11-22(12-10-21)31-18-17-27-13-15-28(16-14-27)34(29,30)24-8-6-5-7-23(24)26/h5-12,25H,3-4,13-20H2,1-2H3. The molecule has 0 bridgehead atoms. The van der Waals surface area contributed by atoms with E-state index < -0.39 is 10.0 Å². The van der Waals surface area contributed by atoms with Gasteiger partial charge in [0.05, 0.1) is 9.60 Å². The Morgan fingerprint density at radius 1 is 0.941 bits per heavy atom. The first-order valence-electron chi connectivity index (χ1n) is 11.9. The predicted molar refractivity (Wildman–Crippen MR) is 147 cm³/mol. The van der Waals surface area contributed by atoms with E-state index in [1.165, 1.54) is 34.2 Å². The summed E-state index contributed by atoms with van der Waals surface area (Å²) < 4.78 is 33.8. The molecule has 0 radical (unpaired) electrons. The maximum atomic E-state index is 12.9. The summed E-state index contributed by atoms with van der Waals surface area (Å²) in [5.41, 5.74) is 1.35. The molecule has 1 aliphatic rings. The van der Waals surface area contributed by atoms with Crippen molar-refractivity contribution in [2.24, 2.45) is 0 Å². The van der Waals surface area contributed by atoms with Gasteiger partial charge in [-0.3, -0.25) is 4.90 Å². The van der Waals surface area contributed by atoms with E-state index in [1.807, 2.05) is 23.5 Å². The lowest BCUT2D eigenvalue weighted by Gasteiger charge is -2.34. The molecule has 1 fully saturated rings. The number of hydrogen-bond acceptors (Lipinski definition) is 6. The van der Waals surface area contributed by atoms with Crippen LogP contribution in [-0.2, 0) is 10.0 Å². The van der Waals surface area contributed by atoms with Crippen molar-refractivity contribution in [3.8, 4) is 5.75 Å². The van der Waals surface area contributed by atoms with Crippen molar-refractivity contribution in [2.75, 3.05) is 50.8 Å². The second-order valence-electron chi connectivity index (χ2n) is 8.17. The number of rotatable bonds is 13. The Kier molecular flexibility index (Phi) is 11.4. The lowest BCUT2D eigenvalue weighted by atomic mass is 10.2. The van der Waals surface area contributed by atoms with Crippen molar-refractivity contribution in [1.82, 2.24) is 9.21 Å². The van der Waals surface area contributed by atoms with Crippen molar-refractivity contribution >= 4 is 45.1 Å². The maximum absolute atomic E-state index is 12.9. The predicted octanol–water partition coefficient (Wildman–Crippen LogP) is 6.01. The third kappa shape index (κ3) is 7.80. The number of benzene rings is 2. The summed E-state index contributed by atoms with van der Waals surface area (Å²) in [6.07, 6.45) is 2.38. The topological polar surface area (TPSA) is 49.9 Å². The molecule has 5 nitrogen and oxygen atoms in total. The number of nitrogens with zero attached hydrogens (tertiary/aromatic N) is 2. The van der Waals surface area contributed by atoms with Gasteiger partial charge < -0.3 is 4.74 Å². The highest BCUT2D eigenvalue weighted by molar-refractivity contribution is 8.16. The van der Waals surface area contributed by atoms with Crippen LogP contribution in [0, 0.1) is 0 Å². The normalized spacial score (nSPS) is 15.6. The molecule has 2 aromatic rings. The zero-order valence-electron chi connectivity index (χ0n) is 20.0. The average Bonchev–Trinajstić information content (AvgIpc) is 2.85. The van der Waals surface area contributed by atoms with E-state index in [4.69, 9.17) is 16.3 Å². The van der Waals surface area contributed by atoms with Crippen LogP contribution >= 0.6 is 35.1 Å². The van der Waals surface area contributed by atoms with E-state index in [0.29, 0.717) is 37.4 Å². The molecule has 0 aromatic heterocycles. The number of piperazine rings is 1. The molecule has 3 rings (SSSR count). The molecule has 0 N–H and O–H groups in total. The van der Waals surface area contributed by atoms with Gasteiger partial charge in [-0.1, -0.05) is 49.7 Å². The number of thioether (sulfide) groups is 2. The number of halogens is 1. The Balaban J connectivity index is 1.44. The van der Waals surface area contributed by atoms with Crippen molar-refractivity contribution < 1.29 is 13.2 Å². The zero-order valence-corrected chi connectivity index (χ0v) is 23.2. The lowest BCUT2D eigenvalue weighted by Crippen LogP contribution is -2.49. The van der Waals surface area contributed by atoms with Gasteiger partial charge in [0.15, 0.2) is 0 Å². The molecule has 2 aromatic carbocycles. The SMILES string of the molecule is CCCSC(SCCC)c1ccc(OCCN2CCN(S(=O)(=O)c3ccccc3Cl)CC2)cc1. The van der Waals surface area contributed by atoms with Gasteiger partial charge in [0.2, 0.25) is 10.0 Å². The van der Waals surface area contributed by atoms with Crippen molar-refractivity contribution in [3.05, 3.63) is 59.1 Å². The fraction of sp³-hybridized carbons (Fsp3) is 0.520. The van der Waals surface area contributed by atoms with Crippen LogP contribution in [0.15, 0.2) is 53.4 Å². The smallest absolute Gasteiger partial charge is 0.244 e. The van der Waals surface area contributed by atoms with Crippen molar-refractivity contribution in [1.29, 1.82) is 0 Å². The van der Waals surface area contributed by atoms with E-state index in [1.54, 1.807) is 24.3 Å². The van der Waals surface area contributed by atoms with Crippen LogP contribution in [0.1, 0.15) is 36.8 Å². The molecular formula is C25H35ClN2O3S3. The molecule has 34 heavy (non-hydrogen) atoms. The Morgan fingerprint density at radius 3 is 2.15 bits per heavy atom. The summed E-state index contributed by atoms with van der Waals surface area (Å²) in [6, 6.07) is 15.1. The first kappa shape index (κ1) is 27.7. The molecule has 0 spiro atoms. The minimum Gasteiger partial charge on any atom is -0.492 e. The van der Waals surface area contributed by atoms with Crippen LogP contribution < -0.4 is 4.74 Å². The summed E-state index contributed by atoms with van der Waals surface area (Å²) >= 11 is 10.2. The molecule has 0 unspecified atom stereocenters. The average molecular weight is 543 g/mol. The minimum atomic E-state index is -3.56. The number of hydrogen-bond donors (Lipinski definition) is 0.